The molecule has 7 heteroatoms. The number of halogens is 4. The Bertz CT molecular complexity index is 569. The van der Waals surface area contributed by atoms with E-state index in [0.717, 1.165) is 19.2 Å². The van der Waals surface area contributed by atoms with Gasteiger partial charge in [-0.15, -0.1) is 0 Å². The molecule has 0 aliphatic rings. The lowest BCUT2D eigenvalue weighted by atomic mass is 10.1. The monoisotopic (exact) mass is 362 g/mol. The van der Waals surface area contributed by atoms with Crippen LogP contribution in [0.15, 0.2) is 18.2 Å². The van der Waals surface area contributed by atoms with Crippen LogP contribution in [0.25, 0.3) is 0 Å². The van der Waals surface area contributed by atoms with Gasteiger partial charge in [0.15, 0.2) is 0 Å². The molecule has 0 saturated carbocycles. The Morgan fingerprint density at radius 1 is 1.12 bits per heavy atom. The summed E-state index contributed by atoms with van der Waals surface area (Å²) < 4.78 is 52.1. The molecule has 0 aliphatic carbocycles. The van der Waals surface area contributed by atoms with Crippen molar-refractivity contribution in [3.05, 3.63) is 35.1 Å². The zero-order valence-corrected chi connectivity index (χ0v) is 15.2. The minimum atomic E-state index is -4.83. The molecule has 25 heavy (non-hydrogen) atoms. The largest absolute Gasteiger partial charge is 0.419 e. The Balaban J connectivity index is 3.04. The maximum atomic E-state index is 13.4. The maximum absolute atomic E-state index is 13.4. The minimum Gasteiger partial charge on any atom is -0.337 e. The van der Waals surface area contributed by atoms with Crippen LogP contribution in [0.4, 0.5) is 17.6 Å². The first kappa shape index (κ1) is 21.4. The van der Waals surface area contributed by atoms with Crippen molar-refractivity contribution in [1.82, 2.24) is 9.80 Å². The van der Waals surface area contributed by atoms with Gasteiger partial charge in [-0.3, -0.25) is 4.79 Å². The highest BCUT2D eigenvalue weighted by molar-refractivity contribution is 5.94. The molecule has 0 fully saturated rings. The summed E-state index contributed by atoms with van der Waals surface area (Å²) in [7, 11) is 0. The predicted octanol–water partition coefficient (Wildman–Crippen LogP) is 4.28. The summed E-state index contributed by atoms with van der Waals surface area (Å²) >= 11 is 0. The van der Waals surface area contributed by atoms with Gasteiger partial charge in [-0.1, -0.05) is 27.7 Å². The van der Waals surface area contributed by atoms with Crippen LogP contribution in [0.5, 0.6) is 0 Å². The molecule has 0 aliphatic heterocycles. The highest BCUT2D eigenvalue weighted by atomic mass is 19.4. The summed E-state index contributed by atoms with van der Waals surface area (Å²) in [6.07, 6.45) is -4.83. The number of hydrogen-bond donors (Lipinski definition) is 0. The molecule has 1 rings (SSSR count). The number of nitrogens with zero attached hydrogens (tertiary/aromatic N) is 2. The van der Waals surface area contributed by atoms with Crippen molar-refractivity contribution < 1.29 is 22.4 Å². The highest BCUT2D eigenvalue weighted by Gasteiger charge is 2.35. The van der Waals surface area contributed by atoms with Gasteiger partial charge in [-0.05, 0) is 37.2 Å². The van der Waals surface area contributed by atoms with E-state index in [1.165, 1.54) is 4.90 Å². The molecule has 0 bridgehead atoms. The number of hydrogen-bond acceptors (Lipinski definition) is 2. The van der Waals surface area contributed by atoms with E-state index in [1.54, 1.807) is 0 Å². The van der Waals surface area contributed by atoms with Crippen molar-refractivity contribution in [1.29, 1.82) is 0 Å². The molecule has 0 spiro atoms. The number of likely N-dealkylation sites (N-methyl/N-ethyl adjacent to an activating group) is 1. The second kappa shape index (κ2) is 9.17. The molecule has 3 nitrogen and oxygen atoms in total. The Hall–Kier alpha value is -1.63. The summed E-state index contributed by atoms with van der Waals surface area (Å²) in [6, 6.07) is 2.41. The summed E-state index contributed by atoms with van der Waals surface area (Å²) in [5, 5.41) is 0. The fraction of sp³-hybridized carbons (Fsp3) is 0.611. The van der Waals surface area contributed by atoms with Gasteiger partial charge in [0.1, 0.15) is 5.82 Å². The third-order valence-corrected chi connectivity index (χ3v) is 3.97. The van der Waals surface area contributed by atoms with Gasteiger partial charge >= 0.3 is 6.18 Å². The minimum absolute atomic E-state index is 0.145. The van der Waals surface area contributed by atoms with Gasteiger partial charge in [0.25, 0.3) is 5.91 Å². The molecule has 0 atom stereocenters. The maximum Gasteiger partial charge on any atom is 0.419 e. The third kappa shape index (κ3) is 6.30. The number of rotatable bonds is 8. The van der Waals surface area contributed by atoms with E-state index in [2.05, 4.69) is 4.90 Å². The van der Waals surface area contributed by atoms with Crippen LogP contribution < -0.4 is 0 Å². The number of benzene rings is 1. The Morgan fingerprint density at radius 3 is 2.20 bits per heavy atom. The van der Waals surface area contributed by atoms with Crippen LogP contribution in [0.3, 0.4) is 0 Å². The summed E-state index contributed by atoms with van der Waals surface area (Å²) in [5.74, 6) is -1.71. The zero-order valence-electron chi connectivity index (χ0n) is 15.2. The van der Waals surface area contributed by atoms with E-state index < -0.39 is 23.5 Å². The molecule has 0 aromatic heterocycles. The fourth-order valence-corrected chi connectivity index (χ4v) is 2.58. The predicted molar refractivity (Wildman–Crippen MR) is 89.9 cm³/mol. The van der Waals surface area contributed by atoms with Crippen molar-refractivity contribution in [3.8, 4) is 0 Å². The van der Waals surface area contributed by atoms with Gasteiger partial charge in [0.2, 0.25) is 0 Å². The highest BCUT2D eigenvalue weighted by Crippen LogP contribution is 2.32. The van der Waals surface area contributed by atoms with Gasteiger partial charge in [0.05, 0.1) is 5.56 Å². The molecule has 0 saturated heterocycles. The Kier molecular flexibility index (Phi) is 7.86. The average molecular weight is 362 g/mol. The van der Waals surface area contributed by atoms with Gasteiger partial charge < -0.3 is 9.80 Å². The fourth-order valence-electron chi connectivity index (χ4n) is 2.58. The molecule has 0 N–H and O–H groups in total. The molecule has 142 valence electrons. The lowest BCUT2D eigenvalue weighted by Gasteiger charge is -2.28. The van der Waals surface area contributed by atoms with E-state index in [4.69, 9.17) is 0 Å². The first-order chi connectivity index (χ1) is 11.6. The molecular weight excluding hydrogens is 336 g/mol. The second-order valence-corrected chi connectivity index (χ2v) is 6.36. The Morgan fingerprint density at radius 2 is 1.72 bits per heavy atom. The number of amides is 1. The number of carbonyl (C=O) groups excluding carboxylic acids is 1. The van der Waals surface area contributed by atoms with Crippen LogP contribution in [-0.4, -0.2) is 48.4 Å². The van der Waals surface area contributed by atoms with Crippen LogP contribution >= 0.6 is 0 Å². The smallest absolute Gasteiger partial charge is 0.337 e. The number of alkyl halides is 3. The van der Waals surface area contributed by atoms with Crippen LogP contribution in [-0.2, 0) is 6.18 Å². The van der Waals surface area contributed by atoms with E-state index >= 15 is 0 Å². The quantitative estimate of drug-likeness (QED) is 0.644. The average Bonchev–Trinajstić information content (AvgIpc) is 2.53. The van der Waals surface area contributed by atoms with Crippen molar-refractivity contribution in [2.24, 2.45) is 5.92 Å². The molecule has 0 heterocycles. The zero-order chi connectivity index (χ0) is 19.2. The third-order valence-electron chi connectivity index (χ3n) is 3.97. The van der Waals surface area contributed by atoms with Crippen molar-refractivity contribution in [2.75, 3.05) is 32.7 Å². The van der Waals surface area contributed by atoms with Crippen LogP contribution in [0.1, 0.15) is 43.6 Å². The lowest BCUT2D eigenvalue weighted by molar-refractivity contribution is -0.140. The van der Waals surface area contributed by atoms with Gasteiger partial charge in [0, 0.05) is 25.2 Å². The molecule has 0 unspecified atom stereocenters. The van der Waals surface area contributed by atoms with Crippen molar-refractivity contribution >= 4 is 5.91 Å². The Labute approximate surface area is 146 Å². The molecule has 1 aromatic rings. The summed E-state index contributed by atoms with van der Waals surface area (Å²) in [4.78, 5) is 16.3. The van der Waals surface area contributed by atoms with Crippen molar-refractivity contribution in [2.45, 2.75) is 33.9 Å². The summed E-state index contributed by atoms with van der Waals surface area (Å²) in [6.45, 7) is 11.0. The van der Waals surface area contributed by atoms with E-state index in [1.807, 2.05) is 27.7 Å². The standard InChI is InChI=1S/C18H26F4N2O/c1-5-23(6-2)9-10-24(12-13(3)4)17(25)14-7-8-16(19)15(11-14)18(20,21)22/h7-8,11,13H,5-6,9-10,12H2,1-4H3. The second-order valence-electron chi connectivity index (χ2n) is 6.36. The van der Waals surface area contributed by atoms with E-state index in [9.17, 15) is 22.4 Å². The molecule has 1 amide bonds. The molecule has 0 radical (unpaired) electrons. The summed E-state index contributed by atoms with van der Waals surface area (Å²) in [5.41, 5.74) is -1.56. The molecular formula is C18H26F4N2O. The normalized spacial score (nSPS) is 12.1. The SMILES string of the molecule is CCN(CC)CCN(CC(C)C)C(=O)c1ccc(F)c(C(F)(F)F)c1. The van der Waals surface area contributed by atoms with Crippen molar-refractivity contribution in [3.63, 3.8) is 0 Å². The topological polar surface area (TPSA) is 23.6 Å². The van der Waals surface area contributed by atoms with E-state index in [-0.39, 0.29) is 11.5 Å². The lowest BCUT2D eigenvalue weighted by Crippen LogP contribution is -2.40. The first-order valence-corrected chi connectivity index (χ1v) is 8.48. The van der Waals surface area contributed by atoms with E-state index in [0.29, 0.717) is 31.8 Å². The van der Waals surface area contributed by atoms with Crippen LogP contribution in [0.2, 0.25) is 0 Å². The van der Waals surface area contributed by atoms with Crippen LogP contribution in [0, 0.1) is 11.7 Å². The van der Waals surface area contributed by atoms with Gasteiger partial charge in [-0.25, -0.2) is 4.39 Å². The molecule has 1 aromatic carbocycles. The first-order valence-electron chi connectivity index (χ1n) is 8.48. The van der Waals surface area contributed by atoms with Gasteiger partial charge in [-0.2, -0.15) is 13.2 Å². The number of carbonyl (C=O) groups is 1.